The summed E-state index contributed by atoms with van der Waals surface area (Å²) >= 11 is 5.72. The van der Waals surface area contributed by atoms with Gasteiger partial charge in [-0.25, -0.2) is 10.4 Å². The minimum absolute atomic E-state index is 0.0369. The Labute approximate surface area is 128 Å². The number of hydrogen-bond donors (Lipinski definition) is 2. The van der Waals surface area contributed by atoms with Gasteiger partial charge in [0.1, 0.15) is 0 Å². The zero-order valence-electron chi connectivity index (χ0n) is 11.2. The standard InChI is InChI=1S/C12H10ClN5O4/c1-6-2-10(19)16-12(15-6)17-14-5-7-3-8(13)4-9(11(7)20)18(21)22/h2-5,20H,1H3,(H2,15,16,17,19)/p-1/b14-5+. The number of hydrazone groups is 1. The van der Waals surface area contributed by atoms with Crippen molar-refractivity contribution < 1.29 is 10.0 Å². The highest BCUT2D eigenvalue weighted by atomic mass is 35.5. The number of rotatable bonds is 4. The van der Waals surface area contributed by atoms with Crippen molar-refractivity contribution in [2.75, 3.05) is 5.43 Å². The Morgan fingerprint density at radius 2 is 2.18 bits per heavy atom. The molecule has 0 radical (unpaired) electrons. The van der Waals surface area contributed by atoms with Crippen molar-refractivity contribution in [3.05, 3.63) is 54.9 Å². The van der Waals surface area contributed by atoms with E-state index in [1.807, 2.05) is 0 Å². The average Bonchev–Trinajstić information content (AvgIpc) is 2.40. The van der Waals surface area contributed by atoms with Gasteiger partial charge in [-0.05, 0) is 24.3 Å². The molecule has 1 heterocycles. The largest absolute Gasteiger partial charge is 0.867 e. The van der Waals surface area contributed by atoms with Crippen LogP contribution < -0.4 is 16.1 Å². The maximum Gasteiger partial charge on any atom is 0.263 e. The lowest BCUT2D eigenvalue weighted by molar-refractivity contribution is -0.398. The number of hydrogen-bond acceptors (Lipinski definition) is 7. The average molecular weight is 323 g/mol. The van der Waals surface area contributed by atoms with Crippen molar-refractivity contribution in [3.63, 3.8) is 0 Å². The van der Waals surface area contributed by atoms with E-state index < -0.39 is 16.4 Å². The molecule has 0 aliphatic heterocycles. The Morgan fingerprint density at radius 1 is 1.45 bits per heavy atom. The van der Waals surface area contributed by atoms with Gasteiger partial charge in [-0.1, -0.05) is 11.6 Å². The van der Waals surface area contributed by atoms with Crippen LogP contribution >= 0.6 is 11.6 Å². The SMILES string of the molecule is Cc1cc(=O)[nH]c(N/N=C/c2cc(Cl)cc([N+](=O)[O-])c2[O-])n1. The van der Waals surface area contributed by atoms with Crippen LogP contribution in [-0.2, 0) is 0 Å². The van der Waals surface area contributed by atoms with Gasteiger partial charge in [0.05, 0.1) is 11.1 Å². The van der Waals surface area contributed by atoms with Gasteiger partial charge >= 0.3 is 0 Å². The topological polar surface area (TPSA) is 136 Å². The minimum Gasteiger partial charge on any atom is -0.867 e. The molecule has 0 aliphatic rings. The summed E-state index contributed by atoms with van der Waals surface area (Å²) in [7, 11) is 0. The number of benzene rings is 1. The molecular weight excluding hydrogens is 314 g/mol. The second-order valence-electron chi connectivity index (χ2n) is 4.21. The molecule has 22 heavy (non-hydrogen) atoms. The molecule has 10 heteroatoms. The molecule has 1 aromatic heterocycles. The Kier molecular flexibility index (Phi) is 4.37. The zero-order chi connectivity index (χ0) is 16.3. The summed E-state index contributed by atoms with van der Waals surface area (Å²) in [5.41, 5.74) is 1.82. The maximum atomic E-state index is 11.8. The number of halogens is 1. The molecule has 0 bridgehead atoms. The van der Waals surface area contributed by atoms with E-state index in [-0.39, 0.29) is 22.1 Å². The minimum atomic E-state index is -0.821. The first kappa shape index (κ1) is 15.4. The molecule has 2 N–H and O–H groups in total. The first-order chi connectivity index (χ1) is 10.4. The van der Waals surface area contributed by atoms with Gasteiger partial charge in [0.25, 0.3) is 11.2 Å². The second-order valence-corrected chi connectivity index (χ2v) is 4.64. The molecule has 9 nitrogen and oxygen atoms in total. The van der Waals surface area contributed by atoms with Crippen LogP contribution in [0.25, 0.3) is 0 Å². The normalized spacial score (nSPS) is 10.8. The fraction of sp³-hybridized carbons (Fsp3) is 0.0833. The van der Waals surface area contributed by atoms with E-state index in [9.17, 15) is 20.0 Å². The zero-order valence-corrected chi connectivity index (χ0v) is 11.9. The quantitative estimate of drug-likeness (QED) is 0.492. The van der Waals surface area contributed by atoms with Crippen LogP contribution in [0.5, 0.6) is 5.75 Å². The van der Waals surface area contributed by atoms with Crippen molar-refractivity contribution in [1.29, 1.82) is 0 Å². The lowest BCUT2D eigenvalue weighted by Crippen LogP contribution is -2.10. The molecule has 2 rings (SSSR count). The molecule has 0 fully saturated rings. The van der Waals surface area contributed by atoms with Crippen LogP contribution in [0.3, 0.4) is 0 Å². The highest BCUT2D eigenvalue weighted by Crippen LogP contribution is 2.29. The lowest BCUT2D eigenvalue weighted by Gasteiger charge is -2.10. The number of aryl methyl sites for hydroxylation is 1. The number of nitro groups is 1. The van der Waals surface area contributed by atoms with Gasteiger partial charge in [0.2, 0.25) is 5.95 Å². The second kappa shape index (κ2) is 6.22. The van der Waals surface area contributed by atoms with E-state index in [1.165, 1.54) is 12.1 Å². The number of anilines is 1. The van der Waals surface area contributed by atoms with Crippen LogP contribution in [0.15, 0.2) is 28.1 Å². The number of nitro benzene ring substituents is 1. The van der Waals surface area contributed by atoms with Gasteiger partial charge in [-0.15, -0.1) is 0 Å². The number of nitrogens with zero attached hydrogens (tertiary/aromatic N) is 3. The van der Waals surface area contributed by atoms with Crippen LogP contribution in [0.4, 0.5) is 11.6 Å². The molecule has 0 unspecified atom stereocenters. The molecule has 1 aromatic carbocycles. The van der Waals surface area contributed by atoms with Crippen LogP contribution in [0.2, 0.25) is 5.02 Å². The van der Waals surface area contributed by atoms with Gasteiger partial charge < -0.3 is 5.11 Å². The van der Waals surface area contributed by atoms with Crippen molar-refractivity contribution in [3.8, 4) is 5.75 Å². The summed E-state index contributed by atoms with van der Waals surface area (Å²) in [4.78, 5) is 27.5. The smallest absolute Gasteiger partial charge is 0.263 e. The number of aromatic nitrogens is 2. The van der Waals surface area contributed by atoms with Gasteiger partial charge in [0.15, 0.2) is 0 Å². The van der Waals surface area contributed by atoms with Crippen molar-refractivity contribution in [1.82, 2.24) is 9.97 Å². The molecule has 0 saturated carbocycles. The molecule has 0 saturated heterocycles. The summed E-state index contributed by atoms with van der Waals surface area (Å²) in [6, 6.07) is 3.51. The predicted molar refractivity (Wildman–Crippen MR) is 78.4 cm³/mol. The Balaban J connectivity index is 2.27. The lowest BCUT2D eigenvalue weighted by atomic mass is 10.2. The van der Waals surface area contributed by atoms with E-state index in [2.05, 4.69) is 20.5 Å². The molecule has 114 valence electrons. The number of aromatic amines is 1. The molecule has 0 spiro atoms. The van der Waals surface area contributed by atoms with E-state index in [0.717, 1.165) is 12.3 Å². The van der Waals surface area contributed by atoms with Gasteiger partial charge in [-0.3, -0.25) is 19.9 Å². The highest BCUT2D eigenvalue weighted by molar-refractivity contribution is 6.31. The molecule has 0 aliphatic carbocycles. The summed E-state index contributed by atoms with van der Waals surface area (Å²) in [5, 5.41) is 26.3. The first-order valence-electron chi connectivity index (χ1n) is 5.89. The monoisotopic (exact) mass is 322 g/mol. The maximum absolute atomic E-state index is 11.8. The van der Waals surface area contributed by atoms with E-state index in [0.29, 0.717) is 5.69 Å². The summed E-state index contributed by atoms with van der Waals surface area (Å²) < 4.78 is 0. The predicted octanol–water partition coefficient (Wildman–Crippen LogP) is 1.16. The van der Waals surface area contributed by atoms with Crippen molar-refractivity contribution >= 4 is 29.5 Å². The highest BCUT2D eigenvalue weighted by Gasteiger charge is 2.11. The summed E-state index contributed by atoms with van der Waals surface area (Å²) in [6.45, 7) is 1.63. The first-order valence-corrected chi connectivity index (χ1v) is 6.26. The number of H-pyrrole nitrogens is 1. The van der Waals surface area contributed by atoms with Crippen LogP contribution in [-0.4, -0.2) is 21.1 Å². The summed E-state index contributed by atoms with van der Waals surface area (Å²) in [5.74, 6) is -0.740. The third-order valence-corrected chi connectivity index (χ3v) is 2.72. The van der Waals surface area contributed by atoms with Crippen molar-refractivity contribution in [2.45, 2.75) is 6.92 Å². The molecule has 2 aromatic rings. The third kappa shape index (κ3) is 3.58. The Bertz CT molecular complexity index is 818. The van der Waals surface area contributed by atoms with Gasteiger partial charge in [-0.2, -0.15) is 5.10 Å². The van der Waals surface area contributed by atoms with Crippen LogP contribution in [0, 0.1) is 17.0 Å². The van der Waals surface area contributed by atoms with E-state index in [4.69, 9.17) is 11.6 Å². The fourth-order valence-electron chi connectivity index (χ4n) is 1.63. The molecule has 0 amide bonds. The molecular formula is C12H9ClN5O4-. The van der Waals surface area contributed by atoms with E-state index in [1.54, 1.807) is 6.92 Å². The Hall–Kier alpha value is -2.94. The fourth-order valence-corrected chi connectivity index (χ4v) is 1.85. The van der Waals surface area contributed by atoms with Gasteiger partial charge in [0, 0.05) is 22.8 Å². The summed E-state index contributed by atoms with van der Waals surface area (Å²) in [6.07, 6.45) is 1.06. The number of nitrogens with one attached hydrogen (secondary N) is 2. The van der Waals surface area contributed by atoms with Crippen molar-refractivity contribution in [2.24, 2.45) is 5.10 Å². The Morgan fingerprint density at radius 3 is 2.82 bits per heavy atom. The van der Waals surface area contributed by atoms with Crippen LogP contribution in [0.1, 0.15) is 11.3 Å². The molecule has 0 atom stereocenters. The van der Waals surface area contributed by atoms with E-state index >= 15 is 0 Å². The third-order valence-electron chi connectivity index (χ3n) is 2.50.